The molecule has 0 saturated heterocycles. The first-order valence-corrected chi connectivity index (χ1v) is 6.49. The van der Waals surface area contributed by atoms with Gasteiger partial charge in [0.15, 0.2) is 0 Å². The van der Waals surface area contributed by atoms with Gasteiger partial charge in [0.25, 0.3) is 0 Å². The van der Waals surface area contributed by atoms with Crippen LogP contribution >= 0.6 is 0 Å². The van der Waals surface area contributed by atoms with Crippen LogP contribution < -0.4 is 0 Å². The second-order valence-corrected chi connectivity index (χ2v) is 5.68. The van der Waals surface area contributed by atoms with Crippen LogP contribution in [0.5, 0.6) is 0 Å². The van der Waals surface area contributed by atoms with Crippen molar-refractivity contribution in [2.45, 2.75) is 13.8 Å². The van der Waals surface area contributed by atoms with E-state index in [0.29, 0.717) is 0 Å². The molecule has 0 saturated carbocycles. The molecule has 0 unspecified atom stereocenters. The fourth-order valence-electron chi connectivity index (χ4n) is 1.20. The molecule has 2 rings (SSSR count). The Labute approximate surface area is 91.2 Å². The number of nitrogens with zero attached hydrogens (tertiary/aromatic N) is 2. The summed E-state index contributed by atoms with van der Waals surface area (Å²) in [5, 5.41) is 2.29. The van der Waals surface area contributed by atoms with E-state index in [9.17, 15) is 0 Å². The molecule has 0 aromatic heterocycles. The summed E-state index contributed by atoms with van der Waals surface area (Å²) in [7, 11) is 0. The molecule has 0 aliphatic carbocycles. The predicted molar refractivity (Wildman–Crippen MR) is 35.7 cm³/mol. The Morgan fingerprint density at radius 3 is 1.50 bits per heavy atom. The zero-order valence-corrected chi connectivity index (χ0v) is 12.6. The Bertz CT molecular complexity index is 525. The van der Waals surface area contributed by atoms with E-state index in [0.717, 1.165) is 22.1 Å². The summed E-state index contributed by atoms with van der Waals surface area (Å²) in [5.74, 6) is 0. The molecule has 0 fully saturated rings. The van der Waals surface area contributed by atoms with E-state index in [4.69, 9.17) is 0 Å². The number of hydrogen-bond donors (Lipinski definition) is 0. The van der Waals surface area contributed by atoms with Crippen LogP contribution in [0.4, 0.5) is 0 Å². The Hall–Kier alpha value is 0.197. The van der Waals surface area contributed by atoms with E-state index in [1.165, 1.54) is 45.8 Å². The molecule has 2 heterocycles. The van der Waals surface area contributed by atoms with E-state index in [1.54, 1.807) is 0 Å². The van der Waals surface area contributed by atoms with E-state index < -0.39 is 0 Å². The van der Waals surface area contributed by atoms with Crippen LogP contribution in [-0.4, -0.2) is 9.97 Å². The summed E-state index contributed by atoms with van der Waals surface area (Å²) in [6, 6.07) is 0. The zero-order valence-electron chi connectivity index (χ0n) is 6.71. The van der Waals surface area contributed by atoms with Crippen molar-refractivity contribution in [1.82, 2.24) is 9.97 Å². The van der Waals surface area contributed by atoms with Crippen molar-refractivity contribution in [3.05, 3.63) is 29.2 Å². The van der Waals surface area contributed by atoms with Gasteiger partial charge in [-0.1, -0.05) is 0 Å². The molecule has 0 amide bonds. The van der Waals surface area contributed by atoms with E-state index in [-0.39, 0.29) is 0 Å². The molecule has 0 N–H and O–H groups in total. The van der Waals surface area contributed by atoms with Gasteiger partial charge < -0.3 is 0 Å². The molecule has 12 heavy (non-hydrogen) atoms. The van der Waals surface area contributed by atoms with Crippen molar-refractivity contribution in [3.63, 3.8) is 0 Å². The average Bonchev–Trinajstić information content (AvgIpc) is 2.43. The van der Waals surface area contributed by atoms with Crippen molar-refractivity contribution in [2.75, 3.05) is 0 Å². The fraction of sp³-hybridized carbons (Fsp3) is 0.250. The van der Waals surface area contributed by atoms with Crippen molar-refractivity contribution < 1.29 is 38.7 Å². The van der Waals surface area contributed by atoms with E-state index in [1.807, 2.05) is 0 Å². The summed E-state index contributed by atoms with van der Waals surface area (Å²) >= 11 is 2.94. The molecule has 60 valence electrons. The van der Waals surface area contributed by atoms with Crippen LogP contribution in [0.2, 0.25) is 0 Å². The molecule has 0 atom stereocenters. The summed E-state index contributed by atoms with van der Waals surface area (Å²) < 4.78 is 2.64. The van der Waals surface area contributed by atoms with Gasteiger partial charge in [-0.05, 0) is 0 Å². The maximum absolute atomic E-state index is 4.51. The fourth-order valence-corrected chi connectivity index (χ4v) is 2.55. The summed E-state index contributed by atoms with van der Waals surface area (Å²) in [6.07, 6.45) is 0. The quantitative estimate of drug-likeness (QED) is 0.539. The monoisotopic (exact) mass is 498 g/mol. The van der Waals surface area contributed by atoms with Crippen molar-refractivity contribution in [2.24, 2.45) is 0 Å². The topological polar surface area (TPSA) is 25.8 Å². The maximum atomic E-state index is 4.51. The molecule has 0 aromatic rings. The van der Waals surface area contributed by atoms with Crippen LogP contribution in [0.25, 0.3) is 0 Å². The second kappa shape index (κ2) is 2.85. The SMILES string of the molecule is Cc1nc2[c](=[W])c(C)nc=2[c]1=[W]. The molecule has 0 spiro atoms. The van der Waals surface area contributed by atoms with Gasteiger partial charge in [-0.15, -0.1) is 0 Å². The molecular weight excluding hydrogens is 492 g/mol. The molecule has 2 aliphatic heterocycles. The third kappa shape index (κ3) is 1.08. The average molecular weight is 498 g/mol. The molecule has 2 aliphatic rings. The van der Waals surface area contributed by atoms with Crippen molar-refractivity contribution in [1.29, 1.82) is 0 Å². The molecule has 2 nitrogen and oxygen atoms in total. The first-order valence-electron chi connectivity index (χ1n) is 3.55. The standard InChI is InChI=1S/C8H6N2.2W/c1-5-3-7-8(9-5)4-6(2)10-7;;/h1-2H3;;. The minimum atomic E-state index is 1.14. The third-order valence-electron chi connectivity index (χ3n) is 1.87. The molecule has 0 aromatic carbocycles. The normalized spacial score (nSPS) is 11.2. The van der Waals surface area contributed by atoms with Gasteiger partial charge in [-0.2, -0.15) is 0 Å². The van der Waals surface area contributed by atoms with E-state index in [2.05, 4.69) is 23.8 Å². The van der Waals surface area contributed by atoms with Crippen LogP contribution in [0.15, 0.2) is 0 Å². The Morgan fingerprint density at radius 1 is 0.833 bits per heavy atom. The van der Waals surface area contributed by atoms with Gasteiger partial charge in [0.05, 0.1) is 0 Å². The summed E-state index contributed by atoms with van der Waals surface area (Å²) in [5.41, 5.74) is 2.31. The Kier molecular flexibility index (Phi) is 2.09. The Morgan fingerprint density at radius 2 is 1.17 bits per heavy atom. The van der Waals surface area contributed by atoms with Gasteiger partial charge in [0.1, 0.15) is 0 Å². The first-order chi connectivity index (χ1) is 5.61. The molecule has 4 heteroatoms. The van der Waals surface area contributed by atoms with Crippen molar-refractivity contribution in [3.8, 4) is 0 Å². The Balaban J connectivity index is 3.21. The number of hydrogen-bond acceptors (Lipinski definition) is 2. The van der Waals surface area contributed by atoms with Gasteiger partial charge >= 0.3 is 91.7 Å². The third-order valence-corrected chi connectivity index (χ3v) is 5.38. The molecular formula is C8H6N2W2. The van der Waals surface area contributed by atoms with Crippen LogP contribution in [0, 0.1) is 31.6 Å². The van der Waals surface area contributed by atoms with Gasteiger partial charge in [-0.3, -0.25) is 0 Å². The van der Waals surface area contributed by atoms with E-state index >= 15 is 0 Å². The van der Waals surface area contributed by atoms with Crippen LogP contribution in [0.1, 0.15) is 11.4 Å². The second-order valence-electron chi connectivity index (χ2n) is 2.75. The van der Waals surface area contributed by atoms with Crippen LogP contribution in [0.3, 0.4) is 0 Å². The van der Waals surface area contributed by atoms with Gasteiger partial charge in [0, 0.05) is 0 Å². The van der Waals surface area contributed by atoms with Crippen molar-refractivity contribution >= 4 is 0 Å². The number of rotatable bonds is 0. The summed E-state index contributed by atoms with van der Waals surface area (Å²) in [6.45, 7) is 4.13. The minimum absolute atomic E-state index is 1.14. The van der Waals surface area contributed by atoms with Crippen LogP contribution in [-0.2, 0) is 38.7 Å². The first kappa shape index (κ1) is 8.78. The van der Waals surface area contributed by atoms with Gasteiger partial charge in [-0.25, -0.2) is 0 Å². The molecule has 0 radical (unpaired) electrons. The molecule has 0 bridgehead atoms. The summed E-state index contributed by atoms with van der Waals surface area (Å²) in [4.78, 5) is 9.02. The van der Waals surface area contributed by atoms with Gasteiger partial charge in [0.2, 0.25) is 0 Å². The predicted octanol–water partition coefficient (Wildman–Crippen LogP) is 0.851. The zero-order chi connectivity index (χ0) is 8.88. The number of aryl methyl sites for hydroxylation is 2. The number of aromatic nitrogens is 2.